The average Bonchev–Trinajstić information content (AvgIpc) is 3.07. The van der Waals surface area contributed by atoms with Gasteiger partial charge in [0.2, 0.25) is 0 Å². The molecule has 0 aliphatic carbocycles. The molecule has 1 heterocycles. The number of hydrogen-bond donors (Lipinski definition) is 1. The number of nitrogens with zero attached hydrogens (tertiary/aromatic N) is 3. The molecule has 1 atom stereocenters. The number of aromatic nitrogens is 3. The number of phenols is 1. The van der Waals surface area contributed by atoms with Gasteiger partial charge in [-0.15, -0.1) is 10.2 Å². The molecule has 0 aliphatic heterocycles. The lowest BCUT2D eigenvalue weighted by Gasteiger charge is -2.18. The third kappa shape index (κ3) is 3.93. The van der Waals surface area contributed by atoms with Crippen molar-refractivity contribution in [1.29, 1.82) is 0 Å². The molecule has 3 rings (SSSR count). The van der Waals surface area contributed by atoms with E-state index < -0.39 is 0 Å². The van der Waals surface area contributed by atoms with Gasteiger partial charge in [0, 0.05) is 12.0 Å². The Hall–Kier alpha value is -3.08. The topological polar surface area (TPSA) is 60.2 Å². The average molecular weight is 377 g/mol. The molecule has 0 aliphatic rings. The SMILES string of the molecule is C=C(c1ccc(O)cc1)c1cc(OC)ccc1-n1c(C)nnc1CC(C)CC. The number of rotatable bonds is 7. The fraction of sp³-hybridized carbons (Fsp3) is 0.304. The van der Waals surface area contributed by atoms with E-state index in [2.05, 4.69) is 35.2 Å². The van der Waals surface area contributed by atoms with Crippen LogP contribution in [0.1, 0.15) is 43.0 Å². The Morgan fingerprint density at radius 2 is 1.89 bits per heavy atom. The van der Waals surface area contributed by atoms with Crippen LogP contribution in [0.5, 0.6) is 11.5 Å². The van der Waals surface area contributed by atoms with Crippen LogP contribution in [0.2, 0.25) is 0 Å². The summed E-state index contributed by atoms with van der Waals surface area (Å²) in [4.78, 5) is 0. The van der Waals surface area contributed by atoms with Crippen LogP contribution in [0.3, 0.4) is 0 Å². The first-order valence-electron chi connectivity index (χ1n) is 9.52. The van der Waals surface area contributed by atoms with E-state index in [1.54, 1.807) is 19.2 Å². The molecule has 0 saturated heterocycles. The van der Waals surface area contributed by atoms with Crippen molar-refractivity contribution in [1.82, 2.24) is 14.8 Å². The molecule has 28 heavy (non-hydrogen) atoms. The molecule has 0 fully saturated rings. The van der Waals surface area contributed by atoms with Gasteiger partial charge in [-0.1, -0.05) is 39.0 Å². The number of aromatic hydroxyl groups is 1. The van der Waals surface area contributed by atoms with Gasteiger partial charge in [-0.05, 0) is 54.3 Å². The summed E-state index contributed by atoms with van der Waals surface area (Å²) in [6.07, 6.45) is 1.94. The summed E-state index contributed by atoms with van der Waals surface area (Å²) in [6.45, 7) is 10.7. The Labute approximate surface area is 166 Å². The number of ether oxygens (including phenoxy) is 1. The highest BCUT2D eigenvalue weighted by molar-refractivity contribution is 5.83. The van der Waals surface area contributed by atoms with Gasteiger partial charge in [0.25, 0.3) is 0 Å². The normalized spacial score (nSPS) is 12.0. The lowest BCUT2D eigenvalue weighted by atomic mass is 9.97. The van der Waals surface area contributed by atoms with Crippen LogP contribution in [-0.2, 0) is 6.42 Å². The zero-order chi connectivity index (χ0) is 20.3. The Balaban J connectivity index is 2.14. The maximum absolute atomic E-state index is 9.61. The summed E-state index contributed by atoms with van der Waals surface area (Å²) in [7, 11) is 1.65. The van der Waals surface area contributed by atoms with Crippen LogP contribution in [0, 0.1) is 12.8 Å². The largest absolute Gasteiger partial charge is 0.508 e. The van der Waals surface area contributed by atoms with Crippen molar-refractivity contribution in [2.75, 3.05) is 7.11 Å². The number of aryl methyl sites for hydroxylation is 1. The highest BCUT2D eigenvalue weighted by Gasteiger charge is 2.18. The van der Waals surface area contributed by atoms with E-state index in [-0.39, 0.29) is 5.75 Å². The Bertz CT molecular complexity index is 974. The van der Waals surface area contributed by atoms with E-state index in [0.29, 0.717) is 5.92 Å². The lowest BCUT2D eigenvalue weighted by Crippen LogP contribution is -2.10. The fourth-order valence-corrected chi connectivity index (χ4v) is 3.20. The van der Waals surface area contributed by atoms with Crippen LogP contribution < -0.4 is 4.74 Å². The lowest BCUT2D eigenvalue weighted by molar-refractivity contribution is 0.414. The third-order valence-electron chi connectivity index (χ3n) is 5.11. The summed E-state index contributed by atoms with van der Waals surface area (Å²) < 4.78 is 7.56. The van der Waals surface area contributed by atoms with Gasteiger partial charge < -0.3 is 9.84 Å². The minimum Gasteiger partial charge on any atom is -0.508 e. The van der Waals surface area contributed by atoms with Crippen LogP contribution in [0.4, 0.5) is 0 Å². The molecule has 2 aromatic carbocycles. The van der Waals surface area contributed by atoms with Crippen molar-refractivity contribution in [2.45, 2.75) is 33.6 Å². The molecule has 0 bridgehead atoms. The highest BCUT2D eigenvalue weighted by atomic mass is 16.5. The van der Waals surface area contributed by atoms with Gasteiger partial charge in [-0.2, -0.15) is 0 Å². The molecular weight excluding hydrogens is 350 g/mol. The number of phenolic OH excluding ortho intramolecular Hbond substituents is 1. The Morgan fingerprint density at radius 3 is 2.54 bits per heavy atom. The van der Waals surface area contributed by atoms with E-state index in [0.717, 1.165) is 52.6 Å². The van der Waals surface area contributed by atoms with Gasteiger partial charge in [0.05, 0.1) is 12.8 Å². The summed E-state index contributed by atoms with van der Waals surface area (Å²) in [6, 6.07) is 13.0. The van der Waals surface area contributed by atoms with Crippen molar-refractivity contribution >= 4 is 5.57 Å². The number of hydrogen-bond acceptors (Lipinski definition) is 4. The van der Waals surface area contributed by atoms with E-state index in [9.17, 15) is 5.11 Å². The summed E-state index contributed by atoms with van der Waals surface area (Å²) >= 11 is 0. The summed E-state index contributed by atoms with van der Waals surface area (Å²) in [5.41, 5.74) is 3.69. The first-order valence-corrected chi connectivity index (χ1v) is 9.52. The molecule has 1 aromatic heterocycles. The van der Waals surface area contributed by atoms with Crippen LogP contribution in [-0.4, -0.2) is 27.0 Å². The smallest absolute Gasteiger partial charge is 0.137 e. The minimum absolute atomic E-state index is 0.230. The predicted octanol–water partition coefficient (Wildman–Crippen LogP) is 4.94. The molecular formula is C23H27N3O2. The van der Waals surface area contributed by atoms with Crippen LogP contribution in [0.25, 0.3) is 11.3 Å². The molecule has 3 aromatic rings. The van der Waals surface area contributed by atoms with Gasteiger partial charge >= 0.3 is 0 Å². The fourth-order valence-electron chi connectivity index (χ4n) is 3.20. The van der Waals surface area contributed by atoms with Gasteiger partial charge in [0.15, 0.2) is 0 Å². The second-order valence-corrected chi connectivity index (χ2v) is 7.12. The molecule has 0 spiro atoms. The molecule has 0 amide bonds. The molecule has 1 unspecified atom stereocenters. The quantitative estimate of drug-likeness (QED) is 0.633. The number of benzene rings is 2. The zero-order valence-corrected chi connectivity index (χ0v) is 16.9. The zero-order valence-electron chi connectivity index (χ0n) is 16.9. The van der Waals surface area contributed by atoms with E-state index in [1.165, 1.54) is 0 Å². The second kappa shape index (κ2) is 8.30. The first kappa shape index (κ1) is 19.7. The van der Waals surface area contributed by atoms with Gasteiger partial charge in [0.1, 0.15) is 23.1 Å². The van der Waals surface area contributed by atoms with Crippen molar-refractivity contribution in [3.63, 3.8) is 0 Å². The van der Waals surface area contributed by atoms with Crippen molar-refractivity contribution in [3.8, 4) is 17.2 Å². The van der Waals surface area contributed by atoms with Gasteiger partial charge in [-0.25, -0.2) is 0 Å². The van der Waals surface area contributed by atoms with Gasteiger partial charge in [-0.3, -0.25) is 4.57 Å². The Kier molecular flexibility index (Phi) is 5.83. The summed E-state index contributed by atoms with van der Waals surface area (Å²) in [5, 5.41) is 18.4. The monoisotopic (exact) mass is 377 g/mol. The first-order chi connectivity index (χ1) is 13.4. The van der Waals surface area contributed by atoms with Crippen molar-refractivity contribution in [2.24, 2.45) is 5.92 Å². The number of methoxy groups -OCH3 is 1. The molecule has 5 heteroatoms. The third-order valence-corrected chi connectivity index (χ3v) is 5.11. The van der Waals surface area contributed by atoms with Crippen molar-refractivity contribution in [3.05, 3.63) is 71.8 Å². The van der Waals surface area contributed by atoms with E-state index >= 15 is 0 Å². The van der Waals surface area contributed by atoms with E-state index in [1.807, 2.05) is 37.3 Å². The van der Waals surface area contributed by atoms with Crippen LogP contribution >= 0.6 is 0 Å². The maximum Gasteiger partial charge on any atom is 0.137 e. The van der Waals surface area contributed by atoms with Crippen molar-refractivity contribution < 1.29 is 9.84 Å². The van der Waals surface area contributed by atoms with E-state index in [4.69, 9.17) is 4.74 Å². The molecule has 146 valence electrons. The predicted molar refractivity (Wildman–Crippen MR) is 112 cm³/mol. The molecule has 0 radical (unpaired) electrons. The maximum atomic E-state index is 9.61. The van der Waals surface area contributed by atoms with Crippen LogP contribution in [0.15, 0.2) is 49.0 Å². The minimum atomic E-state index is 0.230. The molecule has 5 nitrogen and oxygen atoms in total. The molecule has 0 saturated carbocycles. The molecule has 1 N–H and O–H groups in total. The summed E-state index contributed by atoms with van der Waals surface area (Å²) in [5.74, 6) is 3.28. The highest BCUT2D eigenvalue weighted by Crippen LogP contribution is 2.32. The standard InChI is InChI=1S/C23H27N3O2/c1-6-15(2)13-23-25-24-17(4)26(23)22-12-11-20(28-5)14-21(22)16(3)18-7-9-19(27)10-8-18/h7-12,14-15,27H,3,6,13H2,1-2,4-5H3. The second-order valence-electron chi connectivity index (χ2n) is 7.12. The Morgan fingerprint density at radius 1 is 1.18 bits per heavy atom.